The zero-order valence-electron chi connectivity index (χ0n) is 14.3. The van der Waals surface area contributed by atoms with E-state index in [0.717, 1.165) is 25.3 Å². The summed E-state index contributed by atoms with van der Waals surface area (Å²) in [6.45, 7) is 12.0. The fourth-order valence-corrected chi connectivity index (χ4v) is 2.39. The molecule has 20 heavy (non-hydrogen) atoms. The molecule has 1 N–H and O–H groups in total. The van der Waals surface area contributed by atoms with Crippen LogP contribution in [0.3, 0.4) is 0 Å². The molecule has 3 rings (SSSR count). The molecule has 0 saturated carbocycles. The molecule has 1 aliphatic heterocycles. The molecule has 0 saturated heterocycles. The van der Waals surface area contributed by atoms with Crippen LogP contribution >= 0.6 is 0 Å². The average Bonchev–Trinajstić information content (AvgIpc) is 3.19. The zero-order chi connectivity index (χ0) is 15.4. The van der Waals surface area contributed by atoms with E-state index in [1.807, 2.05) is 34.7 Å². The van der Waals surface area contributed by atoms with Crippen LogP contribution in [0.5, 0.6) is 5.75 Å². The van der Waals surface area contributed by atoms with E-state index in [2.05, 4.69) is 24.4 Å². The summed E-state index contributed by atoms with van der Waals surface area (Å²) in [5.41, 5.74) is 4.68. The molecule has 0 unspecified atom stereocenters. The maximum Gasteiger partial charge on any atom is 0.122 e. The summed E-state index contributed by atoms with van der Waals surface area (Å²) < 4.78 is 5.52. The largest absolute Gasteiger partial charge is 0.493 e. The number of ether oxygens (including phenoxy) is 1. The second-order valence-electron chi connectivity index (χ2n) is 4.34. The standard InChI is InChI=1S/C11H12O.C3H9N.2C2H6/c1-2-8-4-5-11-10(6-7-12-11)9(8)3-1;1-3-4-2;2*1-2/h4-5H,1-3,6-7H2;4H,3H2,1-2H3;2*1-2H3. The van der Waals surface area contributed by atoms with Gasteiger partial charge in [0, 0.05) is 12.0 Å². The lowest BCUT2D eigenvalue weighted by Gasteiger charge is -2.04. The summed E-state index contributed by atoms with van der Waals surface area (Å²) in [6, 6.07) is 4.39. The van der Waals surface area contributed by atoms with Crippen molar-refractivity contribution in [3.05, 3.63) is 28.8 Å². The molecule has 0 spiro atoms. The van der Waals surface area contributed by atoms with Crippen molar-refractivity contribution in [1.29, 1.82) is 0 Å². The van der Waals surface area contributed by atoms with Crippen LogP contribution in [0.4, 0.5) is 0 Å². The van der Waals surface area contributed by atoms with Crippen LogP contribution in [-0.2, 0) is 19.3 Å². The lowest BCUT2D eigenvalue weighted by molar-refractivity contribution is 0.357. The van der Waals surface area contributed by atoms with Crippen LogP contribution in [0, 0.1) is 0 Å². The molecule has 2 nitrogen and oxygen atoms in total. The van der Waals surface area contributed by atoms with Gasteiger partial charge in [-0.25, -0.2) is 0 Å². The fourth-order valence-electron chi connectivity index (χ4n) is 2.39. The highest BCUT2D eigenvalue weighted by atomic mass is 16.5. The van der Waals surface area contributed by atoms with Gasteiger partial charge in [-0.1, -0.05) is 40.7 Å². The summed E-state index contributed by atoms with van der Waals surface area (Å²) in [4.78, 5) is 0. The van der Waals surface area contributed by atoms with Gasteiger partial charge in [-0.05, 0) is 50.0 Å². The Labute approximate surface area is 125 Å². The van der Waals surface area contributed by atoms with Crippen molar-refractivity contribution in [3.8, 4) is 5.75 Å². The molecular weight excluding hydrogens is 246 g/mol. The van der Waals surface area contributed by atoms with Crippen LogP contribution in [0.1, 0.15) is 57.7 Å². The van der Waals surface area contributed by atoms with Crippen LogP contribution in [0.2, 0.25) is 0 Å². The Balaban J connectivity index is 0.000000389. The number of rotatable bonds is 1. The van der Waals surface area contributed by atoms with E-state index in [1.54, 1.807) is 11.1 Å². The van der Waals surface area contributed by atoms with Gasteiger partial charge in [0.15, 0.2) is 0 Å². The van der Waals surface area contributed by atoms with Crippen molar-refractivity contribution in [3.63, 3.8) is 0 Å². The van der Waals surface area contributed by atoms with Gasteiger partial charge in [0.2, 0.25) is 0 Å². The Kier molecular flexibility index (Phi) is 11.2. The SMILES string of the molecule is CC.CC.CCNC.c1cc2c(c3c1CCC3)CCO2. The van der Waals surface area contributed by atoms with Crippen molar-refractivity contribution in [2.24, 2.45) is 0 Å². The van der Waals surface area contributed by atoms with Crippen molar-refractivity contribution < 1.29 is 4.74 Å². The second-order valence-corrected chi connectivity index (χ2v) is 4.34. The first-order chi connectivity index (χ1) is 9.86. The fraction of sp³-hybridized carbons (Fsp3) is 0.667. The molecular formula is C18H33NO. The molecule has 2 aliphatic rings. The van der Waals surface area contributed by atoms with Crippen LogP contribution in [0.15, 0.2) is 12.1 Å². The number of hydrogen-bond acceptors (Lipinski definition) is 2. The first-order valence-electron chi connectivity index (χ1n) is 8.27. The quantitative estimate of drug-likeness (QED) is 0.823. The third kappa shape index (κ3) is 5.16. The van der Waals surface area contributed by atoms with E-state index in [1.165, 1.54) is 24.8 Å². The molecule has 1 heterocycles. The molecule has 0 aromatic heterocycles. The highest BCUT2D eigenvalue weighted by molar-refractivity contribution is 5.49. The predicted molar refractivity (Wildman–Crippen MR) is 90.0 cm³/mol. The third-order valence-electron chi connectivity index (χ3n) is 3.32. The van der Waals surface area contributed by atoms with E-state index in [9.17, 15) is 0 Å². The van der Waals surface area contributed by atoms with Crippen molar-refractivity contribution in [1.82, 2.24) is 5.32 Å². The second kappa shape index (κ2) is 11.8. The summed E-state index contributed by atoms with van der Waals surface area (Å²) in [7, 11) is 1.93. The van der Waals surface area contributed by atoms with Gasteiger partial charge in [0.25, 0.3) is 0 Å². The number of benzene rings is 1. The van der Waals surface area contributed by atoms with Crippen LogP contribution in [0.25, 0.3) is 0 Å². The molecule has 1 aromatic carbocycles. The Bertz CT molecular complexity index is 326. The molecule has 0 atom stereocenters. The summed E-state index contributed by atoms with van der Waals surface area (Å²) >= 11 is 0. The first-order valence-corrected chi connectivity index (χ1v) is 8.27. The molecule has 116 valence electrons. The summed E-state index contributed by atoms with van der Waals surface area (Å²) in [5.74, 6) is 1.15. The first kappa shape index (κ1) is 19.0. The minimum absolute atomic E-state index is 0.895. The van der Waals surface area contributed by atoms with Gasteiger partial charge in [0.1, 0.15) is 5.75 Å². The number of nitrogens with one attached hydrogen (secondary N) is 1. The molecule has 2 heteroatoms. The maximum atomic E-state index is 5.52. The lowest BCUT2D eigenvalue weighted by atomic mass is 10.0. The normalized spacial score (nSPS) is 13.3. The molecule has 1 aromatic rings. The monoisotopic (exact) mass is 279 g/mol. The van der Waals surface area contributed by atoms with Crippen LogP contribution < -0.4 is 10.1 Å². The maximum absolute atomic E-state index is 5.52. The number of aryl methyl sites for hydroxylation is 1. The van der Waals surface area contributed by atoms with Crippen molar-refractivity contribution in [2.45, 2.75) is 60.3 Å². The van der Waals surface area contributed by atoms with Gasteiger partial charge in [0.05, 0.1) is 6.61 Å². The molecule has 0 bridgehead atoms. The smallest absolute Gasteiger partial charge is 0.122 e. The predicted octanol–water partition coefficient (Wildman–Crippen LogP) is 4.39. The van der Waals surface area contributed by atoms with Crippen molar-refractivity contribution >= 4 is 0 Å². The van der Waals surface area contributed by atoms with E-state index in [-0.39, 0.29) is 0 Å². The van der Waals surface area contributed by atoms with Crippen LogP contribution in [-0.4, -0.2) is 20.2 Å². The number of fused-ring (bicyclic) bond motifs is 3. The van der Waals surface area contributed by atoms with E-state index < -0.39 is 0 Å². The van der Waals surface area contributed by atoms with E-state index in [4.69, 9.17) is 4.74 Å². The highest BCUT2D eigenvalue weighted by Gasteiger charge is 2.21. The lowest BCUT2D eigenvalue weighted by Crippen LogP contribution is -2.01. The average molecular weight is 279 g/mol. The third-order valence-corrected chi connectivity index (χ3v) is 3.32. The van der Waals surface area contributed by atoms with Gasteiger partial charge < -0.3 is 10.1 Å². The van der Waals surface area contributed by atoms with Gasteiger partial charge in [-0.15, -0.1) is 0 Å². The minimum atomic E-state index is 0.895. The van der Waals surface area contributed by atoms with Gasteiger partial charge in [-0.2, -0.15) is 0 Å². The molecule has 0 radical (unpaired) electrons. The minimum Gasteiger partial charge on any atom is -0.493 e. The summed E-state index contributed by atoms with van der Waals surface area (Å²) in [5, 5.41) is 2.93. The van der Waals surface area contributed by atoms with E-state index >= 15 is 0 Å². The van der Waals surface area contributed by atoms with Gasteiger partial charge in [-0.3, -0.25) is 0 Å². The number of hydrogen-bond donors (Lipinski definition) is 1. The topological polar surface area (TPSA) is 21.3 Å². The Morgan fingerprint density at radius 2 is 1.65 bits per heavy atom. The Morgan fingerprint density at radius 3 is 2.25 bits per heavy atom. The highest BCUT2D eigenvalue weighted by Crippen LogP contribution is 2.35. The summed E-state index contributed by atoms with van der Waals surface area (Å²) in [6.07, 6.45) is 5.04. The molecule has 0 fully saturated rings. The van der Waals surface area contributed by atoms with Gasteiger partial charge >= 0.3 is 0 Å². The van der Waals surface area contributed by atoms with Crippen molar-refractivity contribution in [2.75, 3.05) is 20.2 Å². The Morgan fingerprint density at radius 1 is 1.00 bits per heavy atom. The molecule has 0 amide bonds. The van der Waals surface area contributed by atoms with E-state index in [0.29, 0.717) is 0 Å². The Hall–Kier alpha value is -1.02. The zero-order valence-corrected chi connectivity index (χ0v) is 14.3. The molecule has 1 aliphatic carbocycles.